The van der Waals surface area contributed by atoms with Crippen molar-refractivity contribution >= 4 is 17.7 Å². The number of aliphatic hydroxyl groups is 1. The Morgan fingerprint density at radius 3 is 2.29 bits per heavy atom. The zero-order valence-corrected chi connectivity index (χ0v) is 12.6. The van der Waals surface area contributed by atoms with Gasteiger partial charge in [0.2, 0.25) is 0 Å². The number of thioether (sulfide) groups is 1. The summed E-state index contributed by atoms with van der Waals surface area (Å²) in [6, 6.07) is 5.27. The first kappa shape index (κ1) is 17.8. The second kappa shape index (κ2) is 7.17. The van der Waals surface area contributed by atoms with Crippen LogP contribution in [0.1, 0.15) is 30.6 Å². The minimum atomic E-state index is -4.34. The van der Waals surface area contributed by atoms with Crippen molar-refractivity contribution in [2.24, 2.45) is 5.41 Å². The van der Waals surface area contributed by atoms with Crippen LogP contribution in [0.3, 0.4) is 0 Å². The number of benzene rings is 1. The molecule has 0 aliphatic rings. The van der Waals surface area contributed by atoms with Gasteiger partial charge >= 0.3 is 5.51 Å². The van der Waals surface area contributed by atoms with Gasteiger partial charge in [-0.2, -0.15) is 13.2 Å². The van der Waals surface area contributed by atoms with Gasteiger partial charge in [0.25, 0.3) is 5.91 Å². The number of rotatable bonds is 6. The van der Waals surface area contributed by atoms with Crippen LogP contribution in [0, 0.1) is 5.41 Å². The van der Waals surface area contributed by atoms with Crippen molar-refractivity contribution in [3.8, 4) is 0 Å². The molecule has 2 N–H and O–H groups in total. The number of halogens is 3. The first-order chi connectivity index (χ1) is 9.63. The molecule has 0 spiro atoms. The van der Waals surface area contributed by atoms with Crippen LogP contribution in [-0.2, 0) is 0 Å². The lowest BCUT2D eigenvalue weighted by Crippen LogP contribution is -2.34. The molecule has 1 aromatic carbocycles. The maximum atomic E-state index is 12.2. The Kier molecular flexibility index (Phi) is 6.10. The van der Waals surface area contributed by atoms with Gasteiger partial charge < -0.3 is 10.4 Å². The van der Waals surface area contributed by atoms with E-state index in [4.69, 9.17) is 5.11 Å². The quantitative estimate of drug-likeness (QED) is 0.789. The van der Waals surface area contributed by atoms with E-state index in [-0.39, 0.29) is 34.6 Å². The monoisotopic (exact) mass is 321 g/mol. The molecule has 7 heteroatoms. The minimum Gasteiger partial charge on any atom is -0.396 e. The fourth-order valence-corrected chi connectivity index (χ4v) is 2.16. The van der Waals surface area contributed by atoms with Crippen LogP contribution in [0.25, 0.3) is 0 Å². The number of carbonyl (C=O) groups excluding carboxylic acids is 1. The number of amides is 1. The highest BCUT2D eigenvalue weighted by atomic mass is 32.2. The lowest BCUT2D eigenvalue weighted by Gasteiger charge is -2.23. The molecule has 0 aliphatic heterocycles. The maximum Gasteiger partial charge on any atom is 0.446 e. The van der Waals surface area contributed by atoms with E-state index in [1.165, 1.54) is 24.3 Å². The van der Waals surface area contributed by atoms with Crippen LogP contribution in [0.2, 0.25) is 0 Å². The summed E-state index contributed by atoms with van der Waals surface area (Å²) in [4.78, 5) is 11.9. The molecular weight excluding hydrogens is 303 g/mol. The van der Waals surface area contributed by atoms with E-state index in [0.29, 0.717) is 18.5 Å². The highest BCUT2D eigenvalue weighted by Crippen LogP contribution is 2.36. The summed E-state index contributed by atoms with van der Waals surface area (Å²) in [6.07, 6.45) is 0.550. The molecule has 3 nitrogen and oxygen atoms in total. The Balaban J connectivity index is 2.59. The molecule has 1 amide bonds. The topological polar surface area (TPSA) is 49.3 Å². The summed E-state index contributed by atoms with van der Waals surface area (Å²) in [5.41, 5.74) is -4.27. The molecule has 0 saturated heterocycles. The Bertz CT molecular complexity index is 472. The van der Waals surface area contributed by atoms with Crippen molar-refractivity contribution in [3.05, 3.63) is 29.8 Å². The van der Waals surface area contributed by atoms with E-state index in [2.05, 4.69) is 5.32 Å². The molecule has 0 fully saturated rings. The molecule has 1 rings (SSSR count). The van der Waals surface area contributed by atoms with E-state index in [1.807, 2.05) is 13.8 Å². The van der Waals surface area contributed by atoms with Crippen LogP contribution in [0.5, 0.6) is 0 Å². The van der Waals surface area contributed by atoms with E-state index >= 15 is 0 Å². The zero-order chi connectivity index (χ0) is 16.1. The first-order valence-corrected chi connectivity index (χ1v) is 7.19. The number of hydrogen-bond acceptors (Lipinski definition) is 3. The summed E-state index contributed by atoms with van der Waals surface area (Å²) >= 11 is -0.214. The maximum absolute atomic E-state index is 12.2. The molecule has 0 unspecified atom stereocenters. The molecule has 0 heterocycles. The second-order valence-corrected chi connectivity index (χ2v) is 6.53. The Morgan fingerprint density at radius 1 is 1.24 bits per heavy atom. The van der Waals surface area contributed by atoms with Gasteiger partial charge in [-0.25, -0.2) is 0 Å². The molecule has 1 aromatic rings. The standard InChI is InChI=1S/C14H18F3NO2S/c1-13(2,7-8-19)9-18-12(20)10-3-5-11(6-4-10)21-14(15,16)17/h3-6,19H,7-9H2,1-2H3,(H,18,20). The molecule has 0 radical (unpaired) electrons. The van der Waals surface area contributed by atoms with Gasteiger partial charge in [0, 0.05) is 23.6 Å². The molecule has 118 valence electrons. The van der Waals surface area contributed by atoms with Gasteiger partial charge in [-0.05, 0) is 47.9 Å². The number of aliphatic hydroxyl groups excluding tert-OH is 1. The van der Waals surface area contributed by atoms with Crippen LogP contribution in [0.4, 0.5) is 13.2 Å². The van der Waals surface area contributed by atoms with Gasteiger partial charge in [0.15, 0.2) is 0 Å². The van der Waals surface area contributed by atoms with Crippen molar-refractivity contribution in [1.29, 1.82) is 0 Å². The lowest BCUT2D eigenvalue weighted by molar-refractivity contribution is -0.0328. The SMILES string of the molecule is CC(C)(CCO)CNC(=O)c1ccc(SC(F)(F)F)cc1. The molecule has 0 saturated carbocycles. The van der Waals surface area contributed by atoms with E-state index < -0.39 is 5.51 Å². The molecule has 0 aliphatic carbocycles. The van der Waals surface area contributed by atoms with Crippen molar-refractivity contribution < 1.29 is 23.1 Å². The highest BCUT2D eigenvalue weighted by molar-refractivity contribution is 8.00. The summed E-state index contributed by atoms with van der Waals surface area (Å²) in [5, 5.41) is 11.6. The van der Waals surface area contributed by atoms with Crippen LogP contribution in [0.15, 0.2) is 29.2 Å². The fourth-order valence-electron chi connectivity index (χ4n) is 1.62. The number of hydrogen-bond donors (Lipinski definition) is 2. The third-order valence-corrected chi connectivity index (χ3v) is 3.61. The van der Waals surface area contributed by atoms with E-state index in [0.717, 1.165) is 0 Å². The highest BCUT2D eigenvalue weighted by Gasteiger charge is 2.29. The number of carbonyl (C=O) groups is 1. The van der Waals surface area contributed by atoms with E-state index in [1.54, 1.807) is 0 Å². The van der Waals surface area contributed by atoms with Crippen LogP contribution >= 0.6 is 11.8 Å². The second-order valence-electron chi connectivity index (χ2n) is 5.39. The molecule has 0 aromatic heterocycles. The minimum absolute atomic E-state index is 0.0340. The summed E-state index contributed by atoms with van der Waals surface area (Å²) in [5.74, 6) is -0.343. The van der Waals surface area contributed by atoms with Gasteiger partial charge in [-0.3, -0.25) is 4.79 Å². The van der Waals surface area contributed by atoms with E-state index in [9.17, 15) is 18.0 Å². The summed E-state index contributed by atoms with van der Waals surface area (Å²) in [7, 11) is 0. The Labute approximate surface area is 125 Å². The van der Waals surface area contributed by atoms with Crippen molar-refractivity contribution in [3.63, 3.8) is 0 Å². The normalized spacial score (nSPS) is 12.3. The Hall–Kier alpha value is -1.21. The van der Waals surface area contributed by atoms with Crippen LogP contribution in [-0.4, -0.2) is 29.7 Å². The van der Waals surface area contributed by atoms with Gasteiger partial charge in [0.1, 0.15) is 0 Å². The summed E-state index contributed by atoms with van der Waals surface area (Å²) in [6.45, 7) is 4.23. The third-order valence-electron chi connectivity index (χ3n) is 2.87. The predicted molar refractivity (Wildman–Crippen MR) is 76.2 cm³/mol. The van der Waals surface area contributed by atoms with Gasteiger partial charge in [-0.15, -0.1) is 0 Å². The van der Waals surface area contributed by atoms with Crippen molar-refractivity contribution in [2.45, 2.75) is 30.7 Å². The largest absolute Gasteiger partial charge is 0.446 e. The average molecular weight is 321 g/mol. The first-order valence-electron chi connectivity index (χ1n) is 6.38. The van der Waals surface area contributed by atoms with Crippen molar-refractivity contribution in [1.82, 2.24) is 5.32 Å². The fraction of sp³-hybridized carbons (Fsp3) is 0.500. The smallest absolute Gasteiger partial charge is 0.396 e. The third kappa shape index (κ3) is 6.86. The Morgan fingerprint density at radius 2 is 1.81 bits per heavy atom. The number of alkyl halides is 3. The molecular formula is C14H18F3NO2S. The predicted octanol–water partition coefficient (Wildman–Crippen LogP) is 3.44. The average Bonchev–Trinajstić information content (AvgIpc) is 2.35. The molecule has 0 atom stereocenters. The lowest BCUT2D eigenvalue weighted by atomic mass is 9.89. The number of nitrogens with one attached hydrogen (secondary N) is 1. The van der Waals surface area contributed by atoms with Crippen molar-refractivity contribution in [2.75, 3.05) is 13.2 Å². The van der Waals surface area contributed by atoms with Gasteiger partial charge in [0.05, 0.1) is 0 Å². The molecule has 21 heavy (non-hydrogen) atoms. The van der Waals surface area contributed by atoms with Crippen LogP contribution < -0.4 is 5.32 Å². The zero-order valence-electron chi connectivity index (χ0n) is 11.8. The van der Waals surface area contributed by atoms with Gasteiger partial charge in [-0.1, -0.05) is 13.8 Å². The molecule has 0 bridgehead atoms. The summed E-state index contributed by atoms with van der Waals surface area (Å²) < 4.78 is 36.6.